The molecule has 1 N–H and O–H groups in total. The third-order valence-electron chi connectivity index (χ3n) is 6.38. The summed E-state index contributed by atoms with van der Waals surface area (Å²) in [5, 5.41) is 11.5. The van der Waals surface area contributed by atoms with Gasteiger partial charge in [-0.25, -0.2) is 0 Å². The number of hydrogen-bond acceptors (Lipinski definition) is 4. The predicted molar refractivity (Wildman–Crippen MR) is 134 cm³/mol. The predicted octanol–water partition coefficient (Wildman–Crippen LogP) is 6.26. The highest BCUT2D eigenvalue weighted by Gasteiger charge is 2.42. The Balaban J connectivity index is 1.64. The van der Waals surface area contributed by atoms with E-state index in [0.717, 1.165) is 27.6 Å². The average molecular weight is 459 g/mol. The van der Waals surface area contributed by atoms with Gasteiger partial charge in [0.1, 0.15) is 11.3 Å². The number of rotatable bonds is 3. The van der Waals surface area contributed by atoms with Crippen molar-refractivity contribution < 1.29 is 14.6 Å². The first-order valence-electron chi connectivity index (χ1n) is 11.5. The molecular weight excluding hydrogens is 436 g/mol. The van der Waals surface area contributed by atoms with Crippen molar-refractivity contribution in [2.45, 2.75) is 12.3 Å². The highest BCUT2D eigenvalue weighted by Crippen LogP contribution is 2.48. The molecule has 1 aliphatic heterocycles. The molecule has 5 heteroatoms. The van der Waals surface area contributed by atoms with Crippen LogP contribution in [0.2, 0.25) is 0 Å². The lowest BCUT2D eigenvalue weighted by Gasteiger charge is -2.43. The summed E-state index contributed by atoms with van der Waals surface area (Å²) in [5.41, 5.74) is 3.59. The number of pyridine rings is 1. The zero-order valence-corrected chi connectivity index (χ0v) is 18.8. The Morgan fingerprint density at radius 1 is 0.771 bits per heavy atom. The summed E-state index contributed by atoms with van der Waals surface area (Å²) in [4.78, 5) is 20.5. The van der Waals surface area contributed by atoms with E-state index in [9.17, 15) is 9.90 Å². The molecule has 0 spiro atoms. The number of para-hydroxylation sites is 1. The van der Waals surface area contributed by atoms with Gasteiger partial charge in [-0.2, -0.15) is 0 Å². The lowest BCUT2D eigenvalue weighted by Crippen LogP contribution is -2.44. The Morgan fingerprint density at radius 2 is 1.46 bits per heavy atom. The van der Waals surface area contributed by atoms with Crippen molar-refractivity contribution in [1.29, 1.82) is 0 Å². The molecule has 1 aromatic heterocycles. The maximum absolute atomic E-state index is 14.1. The average Bonchev–Trinajstić information content (AvgIpc) is 2.92. The van der Waals surface area contributed by atoms with Crippen molar-refractivity contribution in [2.75, 3.05) is 0 Å². The van der Waals surface area contributed by atoms with E-state index in [4.69, 9.17) is 4.74 Å². The van der Waals surface area contributed by atoms with Crippen molar-refractivity contribution in [2.24, 2.45) is 0 Å². The van der Waals surface area contributed by atoms with Crippen LogP contribution in [0.4, 0.5) is 0 Å². The molecule has 2 atom stereocenters. The zero-order valence-electron chi connectivity index (χ0n) is 18.8. The molecule has 2 heterocycles. The highest BCUT2D eigenvalue weighted by molar-refractivity contribution is 5.98. The summed E-state index contributed by atoms with van der Waals surface area (Å²) in [6, 6.07) is 33.6. The van der Waals surface area contributed by atoms with Crippen molar-refractivity contribution >= 4 is 16.8 Å². The molecule has 0 bridgehead atoms. The molecule has 170 valence electrons. The first kappa shape index (κ1) is 20.9. The number of fused-ring (bicyclic) bond motifs is 3. The van der Waals surface area contributed by atoms with Gasteiger partial charge in [0.15, 0.2) is 5.75 Å². The van der Waals surface area contributed by atoms with Gasteiger partial charge in [-0.05, 0) is 23.8 Å². The lowest BCUT2D eigenvalue weighted by molar-refractivity contribution is -0.00750. The molecule has 6 rings (SSSR count). The monoisotopic (exact) mass is 458 g/mol. The van der Waals surface area contributed by atoms with Crippen molar-refractivity contribution in [1.82, 2.24) is 9.88 Å². The largest absolute Gasteiger partial charge is 0.507 e. The van der Waals surface area contributed by atoms with Gasteiger partial charge in [-0.3, -0.25) is 14.7 Å². The van der Waals surface area contributed by atoms with Gasteiger partial charge in [0.05, 0.1) is 11.6 Å². The van der Waals surface area contributed by atoms with Crippen LogP contribution < -0.4 is 4.74 Å². The molecule has 1 aliphatic rings. The first-order valence-corrected chi connectivity index (χ1v) is 11.5. The molecule has 4 aromatic carbocycles. The normalized spacial score (nSPS) is 17.0. The fourth-order valence-corrected chi connectivity index (χ4v) is 4.77. The highest BCUT2D eigenvalue weighted by atomic mass is 16.5. The third-order valence-corrected chi connectivity index (χ3v) is 6.38. The third kappa shape index (κ3) is 3.58. The van der Waals surface area contributed by atoms with E-state index in [0.29, 0.717) is 5.75 Å². The van der Waals surface area contributed by atoms with E-state index in [1.54, 1.807) is 29.3 Å². The molecule has 1 amide bonds. The van der Waals surface area contributed by atoms with E-state index in [-0.39, 0.29) is 17.2 Å². The minimum absolute atomic E-state index is 0.0675. The minimum atomic E-state index is -0.728. The van der Waals surface area contributed by atoms with E-state index in [1.807, 2.05) is 84.9 Å². The fraction of sp³-hybridized carbons (Fsp3) is 0.0667. The summed E-state index contributed by atoms with van der Waals surface area (Å²) in [7, 11) is 0. The molecular formula is C30H22N2O3. The Bertz CT molecular complexity index is 1520. The Kier molecular flexibility index (Phi) is 5.15. The van der Waals surface area contributed by atoms with Gasteiger partial charge >= 0.3 is 0 Å². The van der Waals surface area contributed by atoms with Crippen LogP contribution in [0, 0.1) is 0 Å². The van der Waals surface area contributed by atoms with Crippen molar-refractivity contribution in [3.8, 4) is 11.5 Å². The second-order valence-electron chi connectivity index (χ2n) is 8.48. The van der Waals surface area contributed by atoms with E-state index in [1.165, 1.54) is 6.07 Å². The number of aromatic hydroxyl groups is 1. The van der Waals surface area contributed by atoms with Gasteiger partial charge < -0.3 is 9.84 Å². The van der Waals surface area contributed by atoms with Crippen LogP contribution >= 0.6 is 0 Å². The quantitative estimate of drug-likeness (QED) is 0.346. The molecule has 0 unspecified atom stereocenters. The van der Waals surface area contributed by atoms with E-state index >= 15 is 0 Å². The van der Waals surface area contributed by atoms with Gasteiger partial charge in [-0.15, -0.1) is 0 Å². The van der Waals surface area contributed by atoms with Crippen LogP contribution in [0.5, 0.6) is 11.5 Å². The summed E-state index contributed by atoms with van der Waals surface area (Å²) in [6.45, 7) is 0. The zero-order chi connectivity index (χ0) is 23.8. The second kappa shape index (κ2) is 8.61. The SMILES string of the molecule is O=C(c1ccccc1O)N1[C@@H](c2ccccc2)c2ccc3cccnc3c2O[C@@H]1c1ccccc1. The molecule has 5 aromatic rings. The number of benzene rings is 4. The number of nitrogens with zero attached hydrogens (tertiary/aromatic N) is 2. The molecule has 0 aliphatic carbocycles. The first-order chi connectivity index (χ1) is 17.2. The smallest absolute Gasteiger partial charge is 0.261 e. The molecule has 0 radical (unpaired) electrons. The topological polar surface area (TPSA) is 62.7 Å². The Hall–Kier alpha value is -4.64. The van der Waals surface area contributed by atoms with E-state index in [2.05, 4.69) is 4.98 Å². The van der Waals surface area contributed by atoms with Crippen molar-refractivity contribution in [3.05, 3.63) is 138 Å². The number of amides is 1. The molecule has 35 heavy (non-hydrogen) atoms. The number of carbonyl (C=O) groups is 1. The summed E-state index contributed by atoms with van der Waals surface area (Å²) in [5.74, 6) is 0.270. The number of aromatic nitrogens is 1. The van der Waals surface area contributed by atoms with Crippen LogP contribution in [0.25, 0.3) is 10.9 Å². The van der Waals surface area contributed by atoms with Crippen molar-refractivity contribution in [3.63, 3.8) is 0 Å². The maximum Gasteiger partial charge on any atom is 0.261 e. The van der Waals surface area contributed by atoms with Gasteiger partial charge in [0.25, 0.3) is 5.91 Å². The number of ether oxygens (including phenoxy) is 1. The van der Waals surface area contributed by atoms with Gasteiger partial charge in [0, 0.05) is 22.7 Å². The lowest BCUT2D eigenvalue weighted by atomic mass is 9.91. The Labute approximate surface area is 202 Å². The van der Waals surface area contributed by atoms with Crippen LogP contribution in [-0.2, 0) is 0 Å². The number of carbonyl (C=O) groups excluding carboxylic acids is 1. The van der Waals surface area contributed by atoms with E-state index < -0.39 is 12.3 Å². The standard InChI is InChI=1S/C30H22N2O3/c33-25-16-8-7-15-23(25)29(34)32-27(21-10-3-1-4-11-21)24-18-17-20-14-9-19-31-26(20)28(24)35-30(32)22-12-5-2-6-13-22/h1-19,27,30,33H/t27-,30+/m0/s1. The maximum atomic E-state index is 14.1. The summed E-state index contributed by atoms with van der Waals surface area (Å²) >= 11 is 0. The summed E-state index contributed by atoms with van der Waals surface area (Å²) < 4.78 is 6.64. The number of phenolic OH excluding ortho intramolecular Hbond substituents is 1. The second-order valence-corrected chi connectivity index (χ2v) is 8.48. The Morgan fingerprint density at radius 3 is 2.20 bits per heavy atom. The number of phenols is 1. The molecule has 0 saturated carbocycles. The van der Waals surface area contributed by atoms with Crippen LogP contribution in [-0.4, -0.2) is 20.9 Å². The summed E-state index contributed by atoms with van der Waals surface area (Å²) in [6.07, 6.45) is 1.02. The molecule has 0 fully saturated rings. The minimum Gasteiger partial charge on any atom is -0.507 e. The van der Waals surface area contributed by atoms with Gasteiger partial charge in [-0.1, -0.05) is 91.0 Å². The molecule has 0 saturated heterocycles. The number of hydrogen-bond donors (Lipinski definition) is 1. The van der Waals surface area contributed by atoms with Gasteiger partial charge in [0.2, 0.25) is 6.23 Å². The molecule has 5 nitrogen and oxygen atoms in total. The fourth-order valence-electron chi connectivity index (χ4n) is 4.77. The van der Waals surface area contributed by atoms with Crippen LogP contribution in [0.3, 0.4) is 0 Å². The van der Waals surface area contributed by atoms with Crippen LogP contribution in [0.1, 0.15) is 39.3 Å². The van der Waals surface area contributed by atoms with Crippen LogP contribution in [0.15, 0.2) is 115 Å².